The van der Waals surface area contributed by atoms with Crippen LogP contribution in [0.15, 0.2) is 23.1 Å². The molecular weight excluding hydrogens is 215 g/mol. The van der Waals surface area contributed by atoms with Crippen LogP contribution in [0.2, 0.25) is 0 Å². The van der Waals surface area contributed by atoms with Crippen molar-refractivity contribution in [2.75, 3.05) is 5.73 Å². The highest BCUT2D eigenvalue weighted by Gasteiger charge is 2.18. The Hall–Kier alpha value is -1.41. The zero-order valence-corrected chi connectivity index (χ0v) is 9.05. The fourth-order valence-corrected chi connectivity index (χ4v) is 2.36. The SMILES string of the molecule is CCC(C#N)S(=O)c1cc(F)ccc1N. The van der Waals surface area contributed by atoms with Crippen molar-refractivity contribution in [2.24, 2.45) is 0 Å². The summed E-state index contributed by atoms with van der Waals surface area (Å²) in [5.41, 5.74) is 5.82. The van der Waals surface area contributed by atoms with Gasteiger partial charge in [0.25, 0.3) is 0 Å². The molecule has 2 unspecified atom stereocenters. The molecule has 1 aromatic carbocycles. The van der Waals surface area contributed by atoms with Crippen molar-refractivity contribution in [3.8, 4) is 6.07 Å². The third-order valence-electron chi connectivity index (χ3n) is 1.97. The summed E-state index contributed by atoms with van der Waals surface area (Å²) in [4.78, 5) is 0.198. The number of nitrogens with zero attached hydrogens (tertiary/aromatic N) is 1. The minimum absolute atomic E-state index is 0.198. The van der Waals surface area contributed by atoms with Crippen molar-refractivity contribution in [3.05, 3.63) is 24.0 Å². The largest absolute Gasteiger partial charge is 0.398 e. The Balaban J connectivity index is 3.11. The fourth-order valence-electron chi connectivity index (χ4n) is 1.13. The van der Waals surface area contributed by atoms with Crippen molar-refractivity contribution in [2.45, 2.75) is 23.5 Å². The van der Waals surface area contributed by atoms with E-state index in [1.54, 1.807) is 6.92 Å². The number of halogens is 1. The number of hydrogen-bond acceptors (Lipinski definition) is 3. The van der Waals surface area contributed by atoms with Crippen LogP contribution in [0, 0.1) is 17.1 Å². The average Bonchev–Trinajstić information content (AvgIpc) is 2.23. The first-order valence-corrected chi connectivity index (χ1v) is 5.66. The molecule has 80 valence electrons. The summed E-state index contributed by atoms with van der Waals surface area (Å²) in [6.45, 7) is 1.75. The van der Waals surface area contributed by atoms with Crippen LogP contribution >= 0.6 is 0 Å². The highest BCUT2D eigenvalue weighted by atomic mass is 32.2. The molecule has 0 amide bonds. The molecule has 2 N–H and O–H groups in total. The second-order valence-corrected chi connectivity index (χ2v) is 4.61. The molecule has 0 saturated carbocycles. The first kappa shape index (κ1) is 11.7. The summed E-state index contributed by atoms with van der Waals surface area (Å²) < 4.78 is 24.7. The molecule has 3 nitrogen and oxygen atoms in total. The molecule has 0 aliphatic rings. The second kappa shape index (κ2) is 4.89. The third-order valence-corrected chi connectivity index (χ3v) is 3.71. The molecule has 0 aromatic heterocycles. The van der Waals surface area contributed by atoms with Crippen LogP contribution in [-0.4, -0.2) is 9.46 Å². The summed E-state index contributed by atoms with van der Waals surface area (Å²) in [6.07, 6.45) is 0.444. The van der Waals surface area contributed by atoms with E-state index in [9.17, 15) is 8.60 Å². The quantitative estimate of drug-likeness (QED) is 0.799. The van der Waals surface area contributed by atoms with E-state index in [-0.39, 0.29) is 10.6 Å². The van der Waals surface area contributed by atoms with Gasteiger partial charge in [-0.3, -0.25) is 4.21 Å². The molecule has 0 radical (unpaired) electrons. The number of benzene rings is 1. The zero-order chi connectivity index (χ0) is 11.4. The standard InChI is InChI=1S/C10H11FN2OS/c1-2-8(6-12)15(14)10-5-7(11)3-4-9(10)13/h3-5,8H,2,13H2,1H3. The Morgan fingerprint density at radius 2 is 2.33 bits per heavy atom. The van der Waals surface area contributed by atoms with Crippen molar-refractivity contribution >= 4 is 16.5 Å². The van der Waals surface area contributed by atoms with Gasteiger partial charge < -0.3 is 5.73 Å². The van der Waals surface area contributed by atoms with Gasteiger partial charge in [0.15, 0.2) is 0 Å². The molecule has 1 aromatic rings. The van der Waals surface area contributed by atoms with Crippen molar-refractivity contribution < 1.29 is 8.60 Å². The third kappa shape index (κ3) is 2.54. The van der Waals surface area contributed by atoms with Gasteiger partial charge in [-0.1, -0.05) is 6.92 Å². The molecular formula is C10H11FN2OS. The van der Waals surface area contributed by atoms with Gasteiger partial charge in [-0.25, -0.2) is 4.39 Å². The Morgan fingerprint density at radius 3 is 2.87 bits per heavy atom. The summed E-state index contributed by atoms with van der Waals surface area (Å²) >= 11 is 0. The zero-order valence-electron chi connectivity index (χ0n) is 8.24. The Kier molecular flexibility index (Phi) is 3.81. The summed E-state index contributed by atoms with van der Waals surface area (Å²) in [7, 11) is -1.57. The molecule has 0 aliphatic heterocycles. The minimum atomic E-state index is -1.57. The lowest BCUT2D eigenvalue weighted by atomic mass is 10.3. The molecule has 0 spiro atoms. The van der Waals surface area contributed by atoms with Crippen LogP contribution in [0.1, 0.15) is 13.3 Å². The predicted octanol–water partition coefficient (Wildman–Crippen LogP) is 1.82. The maximum absolute atomic E-state index is 12.9. The van der Waals surface area contributed by atoms with Crippen molar-refractivity contribution in [1.29, 1.82) is 5.26 Å². The molecule has 5 heteroatoms. The highest BCUT2D eigenvalue weighted by molar-refractivity contribution is 7.86. The van der Waals surface area contributed by atoms with E-state index in [1.807, 2.05) is 6.07 Å². The Bertz CT molecular complexity index is 428. The highest BCUT2D eigenvalue weighted by Crippen LogP contribution is 2.21. The van der Waals surface area contributed by atoms with Gasteiger partial charge in [-0.2, -0.15) is 5.26 Å². The summed E-state index contributed by atoms with van der Waals surface area (Å²) in [6, 6.07) is 5.59. The van der Waals surface area contributed by atoms with Gasteiger partial charge in [0.05, 0.1) is 21.8 Å². The van der Waals surface area contributed by atoms with E-state index < -0.39 is 21.9 Å². The number of anilines is 1. The topological polar surface area (TPSA) is 66.9 Å². The first-order valence-electron chi connectivity index (χ1n) is 4.45. The van der Waals surface area contributed by atoms with Gasteiger partial charge in [0.1, 0.15) is 11.1 Å². The van der Waals surface area contributed by atoms with Crippen LogP contribution in [0.25, 0.3) is 0 Å². The maximum Gasteiger partial charge on any atom is 0.126 e. The lowest BCUT2D eigenvalue weighted by Crippen LogP contribution is -2.13. The minimum Gasteiger partial charge on any atom is -0.398 e. The average molecular weight is 226 g/mol. The van der Waals surface area contributed by atoms with E-state index in [4.69, 9.17) is 11.0 Å². The molecule has 0 saturated heterocycles. The second-order valence-electron chi connectivity index (χ2n) is 3.01. The van der Waals surface area contributed by atoms with Crippen LogP contribution in [0.5, 0.6) is 0 Å². The molecule has 0 bridgehead atoms. The number of hydrogen-bond donors (Lipinski definition) is 1. The van der Waals surface area contributed by atoms with Crippen LogP contribution in [-0.2, 0) is 10.8 Å². The van der Waals surface area contributed by atoms with E-state index >= 15 is 0 Å². The number of nitrogen functional groups attached to an aromatic ring is 1. The molecule has 15 heavy (non-hydrogen) atoms. The normalized spacial score (nSPS) is 14.2. The maximum atomic E-state index is 12.9. The molecule has 1 rings (SSSR count). The predicted molar refractivity (Wildman–Crippen MR) is 56.9 cm³/mol. The van der Waals surface area contributed by atoms with E-state index in [2.05, 4.69) is 0 Å². The van der Waals surface area contributed by atoms with Gasteiger partial charge in [0, 0.05) is 5.69 Å². The number of nitrogens with two attached hydrogens (primary N) is 1. The smallest absolute Gasteiger partial charge is 0.126 e. The lowest BCUT2D eigenvalue weighted by Gasteiger charge is -2.08. The number of rotatable bonds is 3. The van der Waals surface area contributed by atoms with Crippen LogP contribution in [0.4, 0.5) is 10.1 Å². The monoisotopic (exact) mass is 226 g/mol. The van der Waals surface area contributed by atoms with Crippen LogP contribution < -0.4 is 5.73 Å². The Labute approximate surface area is 90.2 Å². The van der Waals surface area contributed by atoms with Gasteiger partial charge in [-0.05, 0) is 24.6 Å². The van der Waals surface area contributed by atoms with Crippen molar-refractivity contribution in [3.63, 3.8) is 0 Å². The number of nitriles is 1. The van der Waals surface area contributed by atoms with E-state index in [0.717, 1.165) is 6.07 Å². The lowest BCUT2D eigenvalue weighted by molar-refractivity contribution is 0.622. The first-order chi connectivity index (χ1) is 7.10. The van der Waals surface area contributed by atoms with Crippen LogP contribution in [0.3, 0.4) is 0 Å². The van der Waals surface area contributed by atoms with Gasteiger partial charge >= 0.3 is 0 Å². The van der Waals surface area contributed by atoms with E-state index in [1.165, 1.54) is 12.1 Å². The molecule has 0 aliphatic carbocycles. The summed E-state index contributed by atoms with van der Waals surface area (Å²) in [5, 5.41) is 8.10. The van der Waals surface area contributed by atoms with Gasteiger partial charge in [0.2, 0.25) is 0 Å². The van der Waals surface area contributed by atoms with Gasteiger partial charge in [-0.15, -0.1) is 0 Å². The molecule has 0 fully saturated rings. The van der Waals surface area contributed by atoms with Crippen molar-refractivity contribution in [1.82, 2.24) is 0 Å². The van der Waals surface area contributed by atoms with E-state index in [0.29, 0.717) is 6.42 Å². The summed E-state index contributed by atoms with van der Waals surface area (Å²) in [5.74, 6) is -0.500. The molecule has 0 heterocycles. The fraction of sp³-hybridized carbons (Fsp3) is 0.300. The molecule has 2 atom stereocenters. The Morgan fingerprint density at radius 1 is 1.67 bits per heavy atom.